The second-order valence-electron chi connectivity index (χ2n) is 4.94. The first-order chi connectivity index (χ1) is 9.66. The molecule has 0 aliphatic carbocycles. The molecule has 1 aliphatic heterocycles. The Hall–Kier alpha value is -1.17. The van der Waals surface area contributed by atoms with Crippen LogP contribution in [-0.4, -0.2) is 45.7 Å². The predicted molar refractivity (Wildman–Crippen MR) is 81.4 cm³/mol. The van der Waals surface area contributed by atoms with Crippen molar-refractivity contribution in [2.75, 3.05) is 31.3 Å². The zero-order valence-corrected chi connectivity index (χ0v) is 12.3. The lowest BCUT2D eigenvalue weighted by atomic mass is 10.2. The molecule has 1 saturated heterocycles. The average Bonchev–Trinajstić information content (AvgIpc) is 2.78. The minimum absolute atomic E-state index is 0.100. The Morgan fingerprint density at radius 1 is 1.30 bits per heavy atom. The maximum Gasteiger partial charge on any atom is 0.151 e. The maximum atomic E-state index is 11.3. The van der Waals surface area contributed by atoms with Crippen molar-refractivity contribution in [3.05, 3.63) is 42.0 Å². The molecule has 0 radical (unpaired) electrons. The van der Waals surface area contributed by atoms with Crippen LogP contribution in [0, 0.1) is 0 Å². The highest BCUT2D eigenvalue weighted by atomic mass is 32.2. The molecule has 0 bridgehead atoms. The summed E-state index contributed by atoms with van der Waals surface area (Å²) in [6.45, 7) is 1.86. The second-order valence-corrected chi connectivity index (χ2v) is 7.17. The second kappa shape index (κ2) is 7.57. The topological polar surface area (TPSA) is 55.4 Å². The van der Waals surface area contributed by atoms with Gasteiger partial charge in [0.1, 0.15) is 0 Å². The molecule has 5 heteroatoms. The van der Waals surface area contributed by atoms with Crippen molar-refractivity contribution < 1.29 is 13.2 Å². The van der Waals surface area contributed by atoms with E-state index in [0.717, 1.165) is 12.0 Å². The quantitative estimate of drug-likeness (QED) is 0.774. The number of hydrogen-bond acceptors (Lipinski definition) is 4. The van der Waals surface area contributed by atoms with Gasteiger partial charge in [0.25, 0.3) is 0 Å². The highest BCUT2D eigenvalue weighted by Crippen LogP contribution is 2.10. The van der Waals surface area contributed by atoms with Gasteiger partial charge in [-0.2, -0.15) is 0 Å². The van der Waals surface area contributed by atoms with Crippen LogP contribution >= 0.6 is 0 Å². The van der Waals surface area contributed by atoms with Gasteiger partial charge < -0.3 is 10.1 Å². The Morgan fingerprint density at radius 3 is 2.80 bits per heavy atom. The molecule has 1 unspecified atom stereocenters. The summed E-state index contributed by atoms with van der Waals surface area (Å²) in [5.41, 5.74) is 1.16. The fourth-order valence-corrected chi connectivity index (χ4v) is 3.90. The molecule has 4 nitrogen and oxygen atoms in total. The van der Waals surface area contributed by atoms with E-state index in [-0.39, 0.29) is 11.8 Å². The van der Waals surface area contributed by atoms with Gasteiger partial charge in [0, 0.05) is 12.6 Å². The van der Waals surface area contributed by atoms with Crippen LogP contribution in [0.5, 0.6) is 0 Å². The molecule has 0 saturated carbocycles. The first kappa shape index (κ1) is 15.2. The van der Waals surface area contributed by atoms with Gasteiger partial charge in [-0.05, 0) is 12.0 Å². The van der Waals surface area contributed by atoms with Crippen LogP contribution in [0.25, 0.3) is 6.08 Å². The van der Waals surface area contributed by atoms with E-state index in [0.29, 0.717) is 25.5 Å². The number of benzene rings is 1. The third-order valence-electron chi connectivity index (χ3n) is 3.24. The van der Waals surface area contributed by atoms with Crippen molar-refractivity contribution in [3.63, 3.8) is 0 Å². The first-order valence-electron chi connectivity index (χ1n) is 6.89. The number of sulfone groups is 1. The van der Waals surface area contributed by atoms with Gasteiger partial charge in [0.15, 0.2) is 9.84 Å². The van der Waals surface area contributed by atoms with Crippen LogP contribution in [0.4, 0.5) is 0 Å². The van der Waals surface area contributed by atoms with Crippen LogP contribution in [0.3, 0.4) is 0 Å². The summed E-state index contributed by atoms with van der Waals surface area (Å²) < 4.78 is 28.0. The molecule has 0 amide bonds. The third kappa shape index (κ3) is 5.45. The minimum Gasteiger partial charge on any atom is -0.376 e. The Balaban J connectivity index is 1.53. The van der Waals surface area contributed by atoms with E-state index in [1.165, 1.54) is 0 Å². The molecule has 20 heavy (non-hydrogen) atoms. The molecule has 1 fully saturated rings. The van der Waals surface area contributed by atoms with Crippen LogP contribution in [0.15, 0.2) is 36.4 Å². The van der Waals surface area contributed by atoms with Gasteiger partial charge in [-0.1, -0.05) is 42.5 Å². The van der Waals surface area contributed by atoms with Gasteiger partial charge in [-0.15, -0.1) is 0 Å². The monoisotopic (exact) mass is 295 g/mol. The molecule has 1 N–H and O–H groups in total. The smallest absolute Gasteiger partial charge is 0.151 e. The first-order valence-corrected chi connectivity index (χ1v) is 8.71. The fourth-order valence-electron chi connectivity index (χ4n) is 2.19. The molecule has 1 aromatic rings. The Bertz CT molecular complexity index is 525. The maximum absolute atomic E-state index is 11.3. The van der Waals surface area contributed by atoms with Crippen molar-refractivity contribution in [1.29, 1.82) is 0 Å². The number of hydrogen-bond donors (Lipinski definition) is 1. The summed E-state index contributed by atoms with van der Waals surface area (Å²) in [4.78, 5) is 0. The van der Waals surface area contributed by atoms with Gasteiger partial charge in [-0.25, -0.2) is 8.42 Å². The van der Waals surface area contributed by atoms with Crippen LogP contribution in [0.1, 0.15) is 12.0 Å². The molecule has 2 rings (SSSR count). The summed E-state index contributed by atoms with van der Waals surface area (Å²) >= 11 is 0. The molecule has 1 aliphatic rings. The van der Waals surface area contributed by atoms with Crippen LogP contribution in [-0.2, 0) is 14.6 Å². The van der Waals surface area contributed by atoms with Gasteiger partial charge in [0.2, 0.25) is 0 Å². The molecule has 1 heterocycles. The predicted octanol–water partition coefficient (Wildman–Crippen LogP) is 1.49. The van der Waals surface area contributed by atoms with Gasteiger partial charge in [-0.3, -0.25) is 0 Å². The van der Waals surface area contributed by atoms with Crippen molar-refractivity contribution in [1.82, 2.24) is 5.32 Å². The number of rotatable bonds is 7. The lowest BCUT2D eigenvalue weighted by molar-refractivity contribution is 0.162. The Kier molecular flexibility index (Phi) is 5.76. The van der Waals surface area contributed by atoms with Crippen molar-refractivity contribution >= 4 is 15.9 Å². The van der Waals surface area contributed by atoms with E-state index in [9.17, 15) is 8.42 Å². The van der Waals surface area contributed by atoms with Crippen molar-refractivity contribution in [2.24, 2.45) is 0 Å². The van der Waals surface area contributed by atoms with Gasteiger partial charge >= 0.3 is 0 Å². The van der Waals surface area contributed by atoms with E-state index in [4.69, 9.17) is 4.74 Å². The van der Waals surface area contributed by atoms with Crippen molar-refractivity contribution in [2.45, 2.75) is 12.5 Å². The summed E-state index contributed by atoms with van der Waals surface area (Å²) in [6, 6.07) is 10.2. The third-order valence-corrected chi connectivity index (χ3v) is 5.00. The van der Waals surface area contributed by atoms with Crippen molar-refractivity contribution in [3.8, 4) is 0 Å². The van der Waals surface area contributed by atoms with E-state index < -0.39 is 9.84 Å². The average molecular weight is 295 g/mol. The largest absolute Gasteiger partial charge is 0.376 e. The SMILES string of the molecule is O=S1(=O)CCC(NCCOCC=Cc2ccccc2)C1. The van der Waals surface area contributed by atoms with E-state index >= 15 is 0 Å². The zero-order chi connectivity index (χ0) is 14.3. The molecule has 1 aromatic carbocycles. The summed E-state index contributed by atoms with van der Waals surface area (Å²) in [7, 11) is -2.79. The zero-order valence-electron chi connectivity index (χ0n) is 11.5. The standard InChI is InChI=1S/C15H21NO3S/c17-20(18)12-8-15(13-20)16-9-11-19-10-4-7-14-5-2-1-3-6-14/h1-7,15-16H,8-13H2. The molecule has 0 spiro atoms. The molecular formula is C15H21NO3S. The van der Waals surface area contributed by atoms with Crippen LogP contribution in [0.2, 0.25) is 0 Å². The lowest BCUT2D eigenvalue weighted by Gasteiger charge is -2.09. The molecular weight excluding hydrogens is 274 g/mol. The van der Waals surface area contributed by atoms with E-state index in [2.05, 4.69) is 5.32 Å². The lowest BCUT2D eigenvalue weighted by Crippen LogP contribution is -2.32. The molecule has 110 valence electrons. The highest BCUT2D eigenvalue weighted by molar-refractivity contribution is 7.91. The van der Waals surface area contributed by atoms with Gasteiger partial charge in [0.05, 0.1) is 24.7 Å². The van der Waals surface area contributed by atoms with E-state index in [1.54, 1.807) is 0 Å². The normalized spacial score (nSPS) is 21.5. The number of ether oxygens (including phenoxy) is 1. The Morgan fingerprint density at radius 2 is 2.10 bits per heavy atom. The summed E-state index contributed by atoms with van der Waals surface area (Å²) in [5, 5.41) is 3.22. The summed E-state index contributed by atoms with van der Waals surface area (Å²) in [5.74, 6) is 0.576. The van der Waals surface area contributed by atoms with Crippen LogP contribution < -0.4 is 5.32 Å². The number of nitrogens with one attached hydrogen (secondary N) is 1. The minimum atomic E-state index is -2.79. The summed E-state index contributed by atoms with van der Waals surface area (Å²) in [6.07, 6.45) is 4.72. The molecule has 0 aromatic heterocycles. The Labute approximate surface area is 120 Å². The highest BCUT2D eigenvalue weighted by Gasteiger charge is 2.26. The fraction of sp³-hybridized carbons (Fsp3) is 0.467. The van der Waals surface area contributed by atoms with E-state index in [1.807, 2.05) is 42.5 Å². The molecule has 1 atom stereocenters.